The van der Waals surface area contributed by atoms with Crippen molar-refractivity contribution in [3.8, 4) is 0 Å². The molecular formula is C16H15F2N3O2. The highest BCUT2D eigenvalue weighted by atomic mass is 19.1. The van der Waals surface area contributed by atoms with Gasteiger partial charge in [0.25, 0.3) is 5.91 Å². The number of β-amino-alcohol motifs (C(OH)–C–C–N with tert-alkyl or cyclic N) is 1. The van der Waals surface area contributed by atoms with Crippen molar-refractivity contribution in [3.63, 3.8) is 0 Å². The summed E-state index contributed by atoms with van der Waals surface area (Å²) in [6, 6.07) is 2.35. The van der Waals surface area contributed by atoms with Crippen LogP contribution in [0.4, 0.5) is 8.78 Å². The molecule has 2 atom stereocenters. The third-order valence-corrected chi connectivity index (χ3v) is 3.86. The molecule has 2 aromatic rings. The Morgan fingerprint density at radius 2 is 2.09 bits per heavy atom. The van der Waals surface area contributed by atoms with Crippen LogP contribution in [-0.2, 0) is 0 Å². The summed E-state index contributed by atoms with van der Waals surface area (Å²) in [7, 11) is 0. The molecule has 1 aliphatic rings. The second-order valence-electron chi connectivity index (χ2n) is 5.57. The normalized spacial score (nSPS) is 20.8. The fourth-order valence-corrected chi connectivity index (χ4v) is 2.75. The maximum absolute atomic E-state index is 14.0. The van der Waals surface area contributed by atoms with Crippen molar-refractivity contribution in [2.45, 2.75) is 25.5 Å². The molecule has 7 heteroatoms. The Hall–Kier alpha value is -2.41. The SMILES string of the molecule is Cc1cnc(C(=O)N2CC(O)CC2c2cc(F)ccc2F)cn1. The molecule has 1 amide bonds. The topological polar surface area (TPSA) is 66.3 Å². The molecule has 0 spiro atoms. The fraction of sp³-hybridized carbons (Fsp3) is 0.312. The number of nitrogens with zero attached hydrogens (tertiary/aromatic N) is 3. The van der Waals surface area contributed by atoms with Crippen LogP contribution in [0.25, 0.3) is 0 Å². The van der Waals surface area contributed by atoms with E-state index in [1.165, 1.54) is 17.3 Å². The van der Waals surface area contributed by atoms with Crippen LogP contribution in [-0.4, -0.2) is 38.5 Å². The van der Waals surface area contributed by atoms with Gasteiger partial charge in [0.05, 0.1) is 24.0 Å². The minimum Gasteiger partial charge on any atom is -0.391 e. The van der Waals surface area contributed by atoms with Crippen molar-refractivity contribution in [2.75, 3.05) is 6.54 Å². The Bertz CT molecular complexity index is 737. The predicted octanol–water partition coefficient (Wildman–Crippen LogP) is 2.01. The van der Waals surface area contributed by atoms with Crippen LogP contribution >= 0.6 is 0 Å². The van der Waals surface area contributed by atoms with Crippen molar-refractivity contribution in [1.82, 2.24) is 14.9 Å². The third kappa shape index (κ3) is 3.05. The first kappa shape index (κ1) is 15.5. The van der Waals surface area contributed by atoms with E-state index in [0.717, 1.165) is 18.2 Å². The molecule has 2 heterocycles. The van der Waals surface area contributed by atoms with Gasteiger partial charge in [-0.15, -0.1) is 0 Å². The standard InChI is InChI=1S/C16H15F2N3O2/c1-9-6-20-14(7-19-9)16(23)21-8-11(22)5-15(21)12-4-10(17)2-3-13(12)18/h2-4,6-7,11,15,22H,5,8H2,1H3. The Labute approximate surface area is 131 Å². The van der Waals surface area contributed by atoms with Crippen LogP contribution in [0, 0.1) is 18.6 Å². The third-order valence-electron chi connectivity index (χ3n) is 3.86. The van der Waals surface area contributed by atoms with Gasteiger partial charge in [-0.1, -0.05) is 0 Å². The lowest BCUT2D eigenvalue weighted by Gasteiger charge is -2.24. The minimum absolute atomic E-state index is 0.0367. The summed E-state index contributed by atoms with van der Waals surface area (Å²) in [6.07, 6.45) is 2.13. The molecule has 0 bridgehead atoms. The van der Waals surface area contributed by atoms with Gasteiger partial charge in [0.15, 0.2) is 0 Å². The van der Waals surface area contributed by atoms with E-state index in [0.29, 0.717) is 5.69 Å². The number of aromatic nitrogens is 2. The molecule has 0 saturated carbocycles. The van der Waals surface area contributed by atoms with Crippen LogP contribution in [0.2, 0.25) is 0 Å². The van der Waals surface area contributed by atoms with Crippen molar-refractivity contribution in [2.24, 2.45) is 0 Å². The van der Waals surface area contributed by atoms with Crippen molar-refractivity contribution in [3.05, 3.63) is 59.2 Å². The molecule has 1 N–H and O–H groups in total. The Morgan fingerprint density at radius 1 is 1.30 bits per heavy atom. The molecule has 3 rings (SSSR count). The summed E-state index contributed by atoms with van der Waals surface area (Å²) in [5, 5.41) is 9.89. The van der Waals surface area contributed by atoms with Crippen LogP contribution in [0.15, 0.2) is 30.6 Å². The summed E-state index contributed by atoms with van der Waals surface area (Å²) in [5.74, 6) is -1.67. The van der Waals surface area contributed by atoms with Crippen LogP contribution in [0.5, 0.6) is 0 Å². The first-order valence-electron chi connectivity index (χ1n) is 7.18. The zero-order chi connectivity index (χ0) is 16.6. The van der Waals surface area contributed by atoms with Crippen molar-refractivity contribution >= 4 is 5.91 Å². The summed E-state index contributed by atoms with van der Waals surface area (Å²) in [4.78, 5) is 21.9. The maximum atomic E-state index is 14.0. The number of aliphatic hydroxyl groups excluding tert-OH is 1. The molecular weight excluding hydrogens is 304 g/mol. The number of likely N-dealkylation sites (tertiary alicyclic amines) is 1. The van der Waals surface area contributed by atoms with E-state index in [2.05, 4.69) is 9.97 Å². The van der Waals surface area contributed by atoms with Gasteiger partial charge in [-0.3, -0.25) is 9.78 Å². The van der Waals surface area contributed by atoms with E-state index in [1.54, 1.807) is 6.92 Å². The number of aliphatic hydroxyl groups is 1. The second-order valence-corrected chi connectivity index (χ2v) is 5.57. The maximum Gasteiger partial charge on any atom is 0.274 e. The number of amides is 1. The van der Waals surface area contributed by atoms with E-state index in [4.69, 9.17) is 0 Å². The average molecular weight is 319 g/mol. The molecule has 0 radical (unpaired) electrons. The van der Waals surface area contributed by atoms with Crippen molar-refractivity contribution in [1.29, 1.82) is 0 Å². The van der Waals surface area contributed by atoms with Crippen LogP contribution < -0.4 is 0 Å². The van der Waals surface area contributed by atoms with Gasteiger partial charge < -0.3 is 10.0 Å². The zero-order valence-corrected chi connectivity index (χ0v) is 12.4. The van der Waals surface area contributed by atoms with E-state index in [9.17, 15) is 18.7 Å². The monoisotopic (exact) mass is 319 g/mol. The number of carbonyl (C=O) groups excluding carboxylic acids is 1. The first-order chi connectivity index (χ1) is 11.0. The summed E-state index contributed by atoms with van der Waals surface area (Å²) >= 11 is 0. The molecule has 2 unspecified atom stereocenters. The Kier molecular flexibility index (Phi) is 4.04. The predicted molar refractivity (Wildman–Crippen MR) is 77.5 cm³/mol. The quantitative estimate of drug-likeness (QED) is 0.919. The highest BCUT2D eigenvalue weighted by molar-refractivity contribution is 5.92. The molecule has 1 aromatic heterocycles. The second kappa shape index (κ2) is 6.00. The van der Waals surface area contributed by atoms with Gasteiger partial charge in [-0.2, -0.15) is 0 Å². The molecule has 5 nitrogen and oxygen atoms in total. The minimum atomic E-state index is -0.801. The number of rotatable bonds is 2. The smallest absolute Gasteiger partial charge is 0.274 e. The van der Waals surface area contributed by atoms with Gasteiger partial charge in [0, 0.05) is 18.3 Å². The number of halogens is 2. The number of hydrogen-bond donors (Lipinski definition) is 1. The lowest BCUT2D eigenvalue weighted by atomic mass is 10.0. The molecule has 1 fully saturated rings. The molecule has 23 heavy (non-hydrogen) atoms. The summed E-state index contributed by atoms with van der Waals surface area (Å²) in [5.41, 5.74) is 0.817. The first-order valence-corrected chi connectivity index (χ1v) is 7.18. The van der Waals surface area contributed by atoms with Gasteiger partial charge in [0.1, 0.15) is 17.3 Å². The van der Waals surface area contributed by atoms with Gasteiger partial charge in [-0.05, 0) is 31.5 Å². The molecule has 1 aromatic carbocycles. The van der Waals surface area contributed by atoms with Crippen molar-refractivity contribution < 1.29 is 18.7 Å². The van der Waals surface area contributed by atoms with Gasteiger partial charge in [-0.25, -0.2) is 13.8 Å². The number of benzene rings is 1. The fourth-order valence-electron chi connectivity index (χ4n) is 2.75. The van der Waals surface area contributed by atoms with E-state index in [1.807, 2.05) is 0 Å². The highest BCUT2D eigenvalue weighted by Gasteiger charge is 2.37. The largest absolute Gasteiger partial charge is 0.391 e. The molecule has 1 aliphatic heterocycles. The van der Waals surface area contributed by atoms with Crippen LogP contribution in [0.1, 0.15) is 34.2 Å². The van der Waals surface area contributed by atoms with Gasteiger partial charge in [0.2, 0.25) is 0 Å². The van der Waals surface area contributed by atoms with Crippen LogP contribution in [0.3, 0.4) is 0 Å². The molecule has 0 aliphatic carbocycles. The van der Waals surface area contributed by atoms with E-state index in [-0.39, 0.29) is 24.2 Å². The number of hydrogen-bond acceptors (Lipinski definition) is 4. The average Bonchev–Trinajstić information content (AvgIpc) is 2.91. The van der Waals surface area contributed by atoms with Gasteiger partial charge >= 0.3 is 0 Å². The Morgan fingerprint density at radius 3 is 2.78 bits per heavy atom. The Balaban J connectivity index is 1.95. The number of carbonyl (C=O) groups is 1. The zero-order valence-electron chi connectivity index (χ0n) is 12.4. The van der Waals surface area contributed by atoms with E-state index < -0.39 is 29.7 Å². The molecule has 1 saturated heterocycles. The summed E-state index contributed by atoms with van der Waals surface area (Å²) < 4.78 is 27.5. The summed E-state index contributed by atoms with van der Waals surface area (Å²) in [6.45, 7) is 1.78. The lowest BCUT2D eigenvalue weighted by molar-refractivity contribution is 0.0707. The van der Waals surface area contributed by atoms with E-state index >= 15 is 0 Å². The highest BCUT2D eigenvalue weighted by Crippen LogP contribution is 2.34. The molecule has 120 valence electrons. The lowest BCUT2D eigenvalue weighted by Crippen LogP contribution is -2.32. The number of aryl methyl sites for hydroxylation is 1.